The zero-order chi connectivity index (χ0) is 19.0. The van der Waals surface area contributed by atoms with Crippen molar-refractivity contribution in [3.8, 4) is 0 Å². The van der Waals surface area contributed by atoms with Crippen LogP contribution in [0.4, 0.5) is 0 Å². The van der Waals surface area contributed by atoms with Crippen molar-refractivity contribution in [2.75, 3.05) is 14.2 Å². The smallest absolute Gasteiger partial charge is 0.320 e. The molecular formula is C15H26N2O7. The molecule has 138 valence electrons. The van der Waals surface area contributed by atoms with Gasteiger partial charge in [0.05, 0.1) is 14.2 Å². The third kappa shape index (κ3) is 6.15. The Labute approximate surface area is 140 Å². The van der Waals surface area contributed by atoms with E-state index in [2.05, 4.69) is 14.8 Å². The first-order valence-electron chi connectivity index (χ1n) is 7.50. The largest absolute Gasteiger partial charge is 0.468 e. The van der Waals surface area contributed by atoms with Gasteiger partial charge in [-0.2, -0.15) is 0 Å². The van der Waals surface area contributed by atoms with Gasteiger partial charge in [0.25, 0.3) is 0 Å². The molecule has 0 saturated heterocycles. The first-order valence-corrected chi connectivity index (χ1v) is 7.50. The van der Waals surface area contributed by atoms with Gasteiger partial charge in [0, 0.05) is 5.92 Å². The summed E-state index contributed by atoms with van der Waals surface area (Å²) in [5, 5.41) is 12.1. The van der Waals surface area contributed by atoms with E-state index in [1.165, 1.54) is 6.92 Å². The van der Waals surface area contributed by atoms with Crippen LogP contribution in [-0.4, -0.2) is 55.2 Å². The molecule has 0 aliphatic heterocycles. The van der Waals surface area contributed by atoms with Gasteiger partial charge in [-0.1, -0.05) is 20.8 Å². The summed E-state index contributed by atoms with van der Waals surface area (Å²) in [6, 6.07) is -1.36. The molecule has 3 atom stereocenters. The molecule has 0 aromatic heterocycles. The van der Waals surface area contributed by atoms with Crippen LogP contribution in [-0.2, 0) is 28.7 Å². The summed E-state index contributed by atoms with van der Waals surface area (Å²) in [6.07, 6.45) is -1.16. The van der Waals surface area contributed by atoms with Crippen LogP contribution in [0.25, 0.3) is 0 Å². The number of nitrogens with two attached hydrogens (primary N) is 1. The second-order valence-corrected chi connectivity index (χ2v) is 5.92. The summed E-state index contributed by atoms with van der Waals surface area (Å²) in [6.45, 7) is 5.01. The standard InChI is InChI=1S/C15H26N2O7/c1-7(2)6-9(18)13(20)17-11(12(16)19)8(3)10(14(21)23-4)15(22)24-5/h7-11,18H,6H2,1-5H3,(H2,16,19)(H,17,20)/t8-,9+,11-/m0/s1. The molecule has 0 unspecified atom stereocenters. The monoisotopic (exact) mass is 346 g/mol. The molecule has 0 radical (unpaired) electrons. The van der Waals surface area contributed by atoms with Crippen LogP contribution in [0, 0.1) is 17.8 Å². The quantitative estimate of drug-likeness (QED) is 0.357. The van der Waals surface area contributed by atoms with E-state index in [9.17, 15) is 24.3 Å². The van der Waals surface area contributed by atoms with Gasteiger partial charge < -0.3 is 25.6 Å². The highest BCUT2D eigenvalue weighted by atomic mass is 16.5. The Morgan fingerprint density at radius 3 is 1.83 bits per heavy atom. The lowest BCUT2D eigenvalue weighted by atomic mass is 9.86. The number of amides is 2. The van der Waals surface area contributed by atoms with Crippen LogP contribution >= 0.6 is 0 Å². The summed E-state index contributed by atoms with van der Waals surface area (Å²) < 4.78 is 9.07. The molecule has 0 fully saturated rings. The van der Waals surface area contributed by atoms with Gasteiger partial charge in [0.15, 0.2) is 5.92 Å². The Kier molecular flexibility index (Phi) is 8.97. The number of carbonyl (C=O) groups excluding carboxylic acids is 4. The third-order valence-corrected chi connectivity index (χ3v) is 3.56. The van der Waals surface area contributed by atoms with Crippen LogP contribution in [0.5, 0.6) is 0 Å². The number of aliphatic hydroxyl groups is 1. The lowest BCUT2D eigenvalue weighted by Gasteiger charge is -2.27. The van der Waals surface area contributed by atoms with Crippen LogP contribution in [0.1, 0.15) is 27.2 Å². The fraction of sp³-hybridized carbons (Fsp3) is 0.733. The second kappa shape index (κ2) is 9.86. The van der Waals surface area contributed by atoms with Crippen molar-refractivity contribution in [2.45, 2.75) is 39.3 Å². The van der Waals surface area contributed by atoms with E-state index < -0.39 is 47.7 Å². The van der Waals surface area contributed by atoms with Gasteiger partial charge in [0.1, 0.15) is 12.1 Å². The molecule has 0 rings (SSSR count). The summed E-state index contributed by atoms with van der Waals surface area (Å²) in [5.41, 5.74) is 5.27. The fourth-order valence-corrected chi connectivity index (χ4v) is 2.24. The van der Waals surface area contributed by atoms with Crippen molar-refractivity contribution in [2.24, 2.45) is 23.5 Å². The average molecular weight is 346 g/mol. The number of methoxy groups -OCH3 is 2. The molecule has 9 heteroatoms. The number of ether oxygens (including phenoxy) is 2. The SMILES string of the molecule is COC(=O)C(C(=O)OC)[C@H](C)[C@H](NC(=O)[C@H](O)CC(C)C)C(N)=O. The van der Waals surface area contributed by atoms with E-state index >= 15 is 0 Å². The molecule has 2 amide bonds. The predicted molar refractivity (Wildman–Crippen MR) is 83.3 cm³/mol. The Morgan fingerprint density at radius 1 is 1.04 bits per heavy atom. The van der Waals surface area contributed by atoms with Crippen molar-refractivity contribution >= 4 is 23.8 Å². The Morgan fingerprint density at radius 2 is 1.50 bits per heavy atom. The molecular weight excluding hydrogens is 320 g/mol. The molecule has 0 bridgehead atoms. The first-order chi connectivity index (χ1) is 11.1. The topological polar surface area (TPSA) is 145 Å². The van der Waals surface area contributed by atoms with Gasteiger partial charge in [-0.25, -0.2) is 0 Å². The predicted octanol–water partition coefficient (Wildman–Crippen LogP) is -1.04. The molecule has 0 heterocycles. The summed E-state index contributed by atoms with van der Waals surface area (Å²) in [7, 11) is 2.16. The fourth-order valence-electron chi connectivity index (χ4n) is 2.24. The Bertz CT molecular complexity index is 462. The summed E-state index contributed by atoms with van der Waals surface area (Å²) in [5.74, 6) is -6.03. The summed E-state index contributed by atoms with van der Waals surface area (Å²) in [4.78, 5) is 47.3. The molecule has 0 aromatic rings. The zero-order valence-corrected chi connectivity index (χ0v) is 14.6. The van der Waals surface area contributed by atoms with Crippen LogP contribution in [0.15, 0.2) is 0 Å². The van der Waals surface area contributed by atoms with Crippen LogP contribution < -0.4 is 11.1 Å². The molecule has 0 aliphatic rings. The van der Waals surface area contributed by atoms with Crippen molar-refractivity contribution < 1.29 is 33.8 Å². The highest BCUT2D eigenvalue weighted by Crippen LogP contribution is 2.20. The van der Waals surface area contributed by atoms with Gasteiger partial charge in [-0.15, -0.1) is 0 Å². The molecule has 0 aromatic carbocycles. The van der Waals surface area contributed by atoms with Crippen molar-refractivity contribution in [3.63, 3.8) is 0 Å². The molecule has 4 N–H and O–H groups in total. The Hall–Kier alpha value is -2.16. The molecule has 0 aliphatic carbocycles. The van der Waals surface area contributed by atoms with Crippen molar-refractivity contribution in [1.29, 1.82) is 0 Å². The van der Waals surface area contributed by atoms with Crippen molar-refractivity contribution in [1.82, 2.24) is 5.32 Å². The molecule has 0 spiro atoms. The lowest BCUT2D eigenvalue weighted by Crippen LogP contribution is -2.54. The average Bonchev–Trinajstić information content (AvgIpc) is 2.50. The van der Waals surface area contributed by atoms with Crippen molar-refractivity contribution in [3.05, 3.63) is 0 Å². The highest BCUT2D eigenvalue weighted by Gasteiger charge is 2.41. The number of nitrogens with one attached hydrogen (secondary N) is 1. The van der Waals surface area contributed by atoms with Gasteiger partial charge in [0.2, 0.25) is 11.8 Å². The third-order valence-electron chi connectivity index (χ3n) is 3.56. The molecule has 0 saturated carbocycles. The van der Waals surface area contributed by atoms with Crippen LogP contribution in [0.2, 0.25) is 0 Å². The number of primary amides is 1. The maximum absolute atomic E-state index is 12.0. The molecule has 9 nitrogen and oxygen atoms in total. The minimum absolute atomic E-state index is 0.0492. The summed E-state index contributed by atoms with van der Waals surface area (Å²) >= 11 is 0. The number of esters is 2. The van der Waals surface area contributed by atoms with E-state index in [-0.39, 0.29) is 12.3 Å². The van der Waals surface area contributed by atoms with E-state index in [4.69, 9.17) is 5.73 Å². The maximum atomic E-state index is 12.0. The number of hydrogen-bond acceptors (Lipinski definition) is 7. The number of rotatable bonds is 9. The van der Waals surface area contributed by atoms with E-state index in [0.29, 0.717) is 0 Å². The number of aliphatic hydroxyl groups excluding tert-OH is 1. The van der Waals surface area contributed by atoms with Gasteiger partial charge in [-0.05, 0) is 12.3 Å². The number of carbonyl (C=O) groups is 4. The van der Waals surface area contributed by atoms with Gasteiger partial charge in [-0.3, -0.25) is 19.2 Å². The maximum Gasteiger partial charge on any atom is 0.320 e. The minimum Gasteiger partial charge on any atom is -0.468 e. The molecule has 24 heavy (non-hydrogen) atoms. The van der Waals surface area contributed by atoms with E-state index in [1.54, 1.807) is 0 Å². The van der Waals surface area contributed by atoms with E-state index in [0.717, 1.165) is 14.2 Å². The second-order valence-electron chi connectivity index (χ2n) is 5.92. The highest BCUT2D eigenvalue weighted by molar-refractivity contribution is 5.97. The lowest BCUT2D eigenvalue weighted by molar-refractivity contribution is -0.162. The Balaban J connectivity index is 5.34. The van der Waals surface area contributed by atoms with Gasteiger partial charge >= 0.3 is 11.9 Å². The van der Waals surface area contributed by atoms with E-state index in [1.807, 2.05) is 13.8 Å². The first kappa shape index (κ1) is 21.8. The minimum atomic E-state index is -1.44. The zero-order valence-electron chi connectivity index (χ0n) is 14.6. The normalized spacial score (nSPS) is 14.7. The van der Waals surface area contributed by atoms with Crippen LogP contribution in [0.3, 0.4) is 0 Å². The number of hydrogen-bond donors (Lipinski definition) is 3.